The van der Waals surface area contributed by atoms with Gasteiger partial charge in [-0.15, -0.1) is 0 Å². The van der Waals surface area contributed by atoms with E-state index in [0.29, 0.717) is 36.6 Å². The van der Waals surface area contributed by atoms with Crippen LogP contribution in [0.4, 0.5) is 4.79 Å². The standard InChI is InChI=1S/C26H35NO6/c1-5-6-7-19-14-23(28)32-22-15-20(12-13-21(19)22)31-24(29)18-10-8-17(9-11-18)16-27-25(30)33-26(2,3)4/h12-15,17-18H,5-11,16H2,1-4H3,(H,27,30). The summed E-state index contributed by atoms with van der Waals surface area (Å²) in [6.07, 6.45) is 5.52. The van der Waals surface area contributed by atoms with Crippen molar-refractivity contribution in [1.29, 1.82) is 0 Å². The summed E-state index contributed by atoms with van der Waals surface area (Å²) < 4.78 is 16.2. The van der Waals surface area contributed by atoms with Crippen LogP contribution < -0.4 is 15.7 Å². The van der Waals surface area contributed by atoms with E-state index in [2.05, 4.69) is 12.2 Å². The molecule has 1 fully saturated rings. The van der Waals surface area contributed by atoms with Gasteiger partial charge in [0.1, 0.15) is 16.9 Å². The van der Waals surface area contributed by atoms with Crippen LogP contribution in [0.2, 0.25) is 0 Å². The van der Waals surface area contributed by atoms with Gasteiger partial charge in [-0.25, -0.2) is 9.59 Å². The lowest BCUT2D eigenvalue weighted by Crippen LogP contribution is -2.36. The SMILES string of the molecule is CCCCc1cc(=O)oc2cc(OC(=O)C3CCC(CNC(=O)OC(C)(C)C)CC3)ccc12. The summed E-state index contributed by atoms with van der Waals surface area (Å²) in [6, 6.07) is 6.78. The van der Waals surface area contributed by atoms with Gasteiger partial charge in [0.25, 0.3) is 0 Å². The number of rotatable bonds is 7. The molecule has 1 N–H and O–H groups in total. The molecule has 1 heterocycles. The molecule has 180 valence electrons. The van der Waals surface area contributed by atoms with Crippen LogP contribution in [0.25, 0.3) is 11.0 Å². The predicted octanol–water partition coefficient (Wildman–Crippen LogP) is 5.37. The highest BCUT2D eigenvalue weighted by Crippen LogP contribution is 2.31. The number of hydrogen-bond acceptors (Lipinski definition) is 6. The Bertz CT molecular complexity index is 1030. The van der Waals surface area contributed by atoms with Crippen molar-refractivity contribution in [3.05, 3.63) is 40.2 Å². The fourth-order valence-corrected chi connectivity index (χ4v) is 4.19. The van der Waals surface area contributed by atoms with Crippen molar-refractivity contribution in [2.24, 2.45) is 11.8 Å². The summed E-state index contributed by atoms with van der Waals surface area (Å²) in [6.45, 7) is 8.14. The minimum atomic E-state index is -0.520. The van der Waals surface area contributed by atoms with Crippen molar-refractivity contribution in [1.82, 2.24) is 5.32 Å². The van der Waals surface area contributed by atoms with E-state index in [-0.39, 0.29) is 11.9 Å². The molecule has 1 aliphatic rings. The smallest absolute Gasteiger partial charge is 0.407 e. The first-order valence-corrected chi connectivity index (χ1v) is 11.9. The van der Waals surface area contributed by atoms with E-state index >= 15 is 0 Å². The Labute approximate surface area is 194 Å². The molecule has 1 aromatic carbocycles. The molecule has 2 aromatic rings. The minimum absolute atomic E-state index is 0.179. The Balaban J connectivity index is 1.53. The number of alkyl carbamates (subject to hydrolysis) is 1. The summed E-state index contributed by atoms with van der Waals surface area (Å²) in [4.78, 5) is 36.5. The molecule has 3 rings (SSSR count). The molecule has 0 spiro atoms. The number of benzene rings is 1. The average Bonchev–Trinajstić information content (AvgIpc) is 2.75. The number of fused-ring (bicyclic) bond motifs is 1. The number of carbonyl (C=O) groups is 2. The second-order valence-electron chi connectivity index (χ2n) is 9.87. The van der Waals surface area contributed by atoms with Gasteiger partial charge in [0.2, 0.25) is 0 Å². The molecule has 0 bridgehead atoms. The van der Waals surface area contributed by atoms with E-state index in [4.69, 9.17) is 13.9 Å². The first kappa shape index (κ1) is 24.8. The Morgan fingerprint density at radius 3 is 2.52 bits per heavy atom. The highest BCUT2D eigenvalue weighted by atomic mass is 16.6. The normalized spacial score (nSPS) is 18.7. The maximum absolute atomic E-state index is 12.7. The Morgan fingerprint density at radius 1 is 1.12 bits per heavy atom. The molecule has 1 aliphatic carbocycles. The highest BCUT2D eigenvalue weighted by Gasteiger charge is 2.28. The molecular weight excluding hydrogens is 422 g/mol. The summed E-state index contributed by atoms with van der Waals surface area (Å²) >= 11 is 0. The zero-order valence-electron chi connectivity index (χ0n) is 20.1. The summed E-state index contributed by atoms with van der Waals surface area (Å²) in [5.74, 6) is 0.258. The fourth-order valence-electron chi connectivity index (χ4n) is 4.19. The predicted molar refractivity (Wildman–Crippen MR) is 126 cm³/mol. The largest absolute Gasteiger partial charge is 0.444 e. The van der Waals surface area contributed by atoms with E-state index < -0.39 is 17.3 Å². The quantitative estimate of drug-likeness (QED) is 0.341. The van der Waals surface area contributed by atoms with Crippen molar-refractivity contribution in [2.45, 2.75) is 78.2 Å². The molecule has 0 atom stereocenters. The minimum Gasteiger partial charge on any atom is -0.444 e. The molecule has 1 amide bonds. The highest BCUT2D eigenvalue weighted by molar-refractivity contribution is 5.83. The molecule has 7 nitrogen and oxygen atoms in total. The number of amides is 1. The summed E-state index contributed by atoms with van der Waals surface area (Å²) in [5.41, 5.74) is 0.485. The number of hydrogen-bond donors (Lipinski definition) is 1. The van der Waals surface area contributed by atoms with Crippen molar-refractivity contribution in [3.63, 3.8) is 0 Å². The van der Waals surface area contributed by atoms with Crippen LogP contribution in [0, 0.1) is 11.8 Å². The van der Waals surface area contributed by atoms with Crippen molar-refractivity contribution >= 4 is 23.0 Å². The maximum atomic E-state index is 12.7. The lowest BCUT2D eigenvalue weighted by Gasteiger charge is -2.28. The van der Waals surface area contributed by atoms with E-state index in [1.54, 1.807) is 18.2 Å². The number of esters is 1. The molecular formula is C26H35NO6. The van der Waals surface area contributed by atoms with Crippen LogP contribution in [0.1, 0.15) is 71.8 Å². The number of nitrogens with one attached hydrogen (secondary N) is 1. The van der Waals surface area contributed by atoms with Crippen molar-refractivity contribution in [3.8, 4) is 5.75 Å². The second kappa shape index (κ2) is 10.9. The zero-order chi connectivity index (χ0) is 24.0. The van der Waals surface area contributed by atoms with Gasteiger partial charge in [-0.05, 0) is 82.9 Å². The van der Waals surface area contributed by atoms with E-state index in [1.807, 2.05) is 26.8 Å². The van der Waals surface area contributed by atoms with Gasteiger partial charge in [0.05, 0.1) is 5.92 Å². The second-order valence-corrected chi connectivity index (χ2v) is 9.87. The van der Waals surface area contributed by atoms with Gasteiger partial charge >= 0.3 is 17.7 Å². The third kappa shape index (κ3) is 7.34. The van der Waals surface area contributed by atoms with Crippen LogP contribution >= 0.6 is 0 Å². The van der Waals surface area contributed by atoms with E-state index in [1.165, 1.54) is 0 Å². The zero-order valence-corrected chi connectivity index (χ0v) is 20.1. The first-order valence-electron chi connectivity index (χ1n) is 11.9. The van der Waals surface area contributed by atoms with Crippen LogP contribution in [-0.4, -0.2) is 24.2 Å². The fraction of sp³-hybridized carbons (Fsp3) is 0.577. The monoisotopic (exact) mass is 457 g/mol. The number of carbonyl (C=O) groups excluding carboxylic acids is 2. The topological polar surface area (TPSA) is 94.8 Å². The third-order valence-corrected chi connectivity index (χ3v) is 5.93. The van der Waals surface area contributed by atoms with E-state index in [0.717, 1.165) is 43.1 Å². The van der Waals surface area contributed by atoms with Gasteiger partial charge in [-0.3, -0.25) is 4.79 Å². The molecule has 7 heteroatoms. The molecule has 1 saturated carbocycles. The Morgan fingerprint density at radius 2 is 1.85 bits per heavy atom. The molecule has 1 aromatic heterocycles. The van der Waals surface area contributed by atoms with Gasteiger partial charge < -0.3 is 19.2 Å². The number of aryl methyl sites for hydroxylation is 1. The molecule has 0 unspecified atom stereocenters. The lowest BCUT2D eigenvalue weighted by molar-refractivity contribution is -0.140. The lowest BCUT2D eigenvalue weighted by atomic mass is 9.82. The molecule has 0 radical (unpaired) electrons. The van der Waals surface area contributed by atoms with Crippen molar-refractivity contribution in [2.75, 3.05) is 6.54 Å². The number of ether oxygens (including phenoxy) is 2. The van der Waals surface area contributed by atoms with Gasteiger partial charge in [-0.2, -0.15) is 0 Å². The Kier molecular flexibility index (Phi) is 8.16. The maximum Gasteiger partial charge on any atom is 0.407 e. The van der Waals surface area contributed by atoms with Crippen molar-refractivity contribution < 1.29 is 23.5 Å². The van der Waals surface area contributed by atoms with Crippen LogP contribution in [0.5, 0.6) is 5.75 Å². The first-order chi connectivity index (χ1) is 15.6. The molecule has 0 aliphatic heterocycles. The summed E-state index contributed by atoms with van der Waals surface area (Å²) in [7, 11) is 0. The summed E-state index contributed by atoms with van der Waals surface area (Å²) in [5, 5.41) is 3.69. The number of unbranched alkanes of at least 4 members (excludes halogenated alkanes) is 1. The molecule has 0 saturated heterocycles. The molecule has 33 heavy (non-hydrogen) atoms. The Hall–Kier alpha value is -2.83. The third-order valence-electron chi connectivity index (χ3n) is 5.93. The van der Waals surface area contributed by atoms with Crippen LogP contribution in [0.3, 0.4) is 0 Å². The average molecular weight is 458 g/mol. The van der Waals surface area contributed by atoms with Crippen LogP contribution in [-0.2, 0) is 16.0 Å². The van der Waals surface area contributed by atoms with Gasteiger partial charge in [0, 0.05) is 24.1 Å². The van der Waals surface area contributed by atoms with Gasteiger partial charge in [-0.1, -0.05) is 13.3 Å². The van der Waals surface area contributed by atoms with Crippen LogP contribution in [0.15, 0.2) is 33.5 Å². The van der Waals surface area contributed by atoms with E-state index in [9.17, 15) is 14.4 Å². The van der Waals surface area contributed by atoms with Gasteiger partial charge in [0.15, 0.2) is 0 Å².